The molecule has 0 aliphatic heterocycles. The number of anilines is 1. The quantitative estimate of drug-likeness (QED) is 0.560. The zero-order chi connectivity index (χ0) is 19.4. The molecule has 0 saturated carbocycles. The molecule has 0 aliphatic carbocycles. The molecule has 0 spiro atoms. The molecule has 0 aliphatic rings. The van der Waals surface area contributed by atoms with E-state index in [9.17, 15) is 8.42 Å². The Kier molecular flexibility index (Phi) is 5.79. The van der Waals surface area contributed by atoms with Crippen molar-refractivity contribution in [3.8, 4) is 17.2 Å². The van der Waals surface area contributed by atoms with Gasteiger partial charge >= 0.3 is 0 Å². The van der Waals surface area contributed by atoms with E-state index in [0.29, 0.717) is 27.3 Å². The highest BCUT2D eigenvalue weighted by molar-refractivity contribution is 7.92. The van der Waals surface area contributed by atoms with Gasteiger partial charge < -0.3 is 9.47 Å². The Morgan fingerprint density at radius 1 is 0.889 bits per heavy atom. The number of hydrogen-bond donors (Lipinski definition) is 1. The number of hydrogen-bond acceptors (Lipinski definition) is 4. The highest BCUT2D eigenvalue weighted by Crippen LogP contribution is 2.35. The van der Waals surface area contributed by atoms with Gasteiger partial charge in [0, 0.05) is 5.02 Å². The first-order chi connectivity index (χ1) is 12.9. The molecule has 27 heavy (non-hydrogen) atoms. The lowest BCUT2D eigenvalue weighted by molar-refractivity contribution is 0.414. The Bertz CT molecular complexity index is 1050. The standard InChI is InChI=1S/C19H15Cl2NO4S/c1-25-14-7-9-15(10-8-14)27(23,24)22-17-4-2-3-5-19(17)26-18-11-6-13(20)12-16(18)21/h2-12,22H,1H3. The van der Waals surface area contributed by atoms with Crippen LogP contribution in [-0.4, -0.2) is 15.5 Å². The third-order valence-electron chi connectivity index (χ3n) is 3.61. The summed E-state index contributed by atoms with van der Waals surface area (Å²) in [5, 5.41) is 0.788. The molecule has 3 rings (SSSR count). The third kappa shape index (κ3) is 4.66. The van der Waals surface area contributed by atoms with Gasteiger partial charge in [0.05, 0.1) is 22.7 Å². The maximum atomic E-state index is 12.7. The number of sulfonamides is 1. The Morgan fingerprint density at radius 2 is 1.59 bits per heavy atom. The van der Waals surface area contributed by atoms with E-state index < -0.39 is 10.0 Å². The fraction of sp³-hybridized carbons (Fsp3) is 0.0526. The summed E-state index contributed by atoms with van der Waals surface area (Å²) in [6, 6.07) is 17.5. The minimum Gasteiger partial charge on any atom is -0.497 e. The summed E-state index contributed by atoms with van der Waals surface area (Å²) in [6.07, 6.45) is 0. The second-order valence-electron chi connectivity index (χ2n) is 5.45. The molecule has 8 heteroatoms. The zero-order valence-electron chi connectivity index (χ0n) is 14.1. The topological polar surface area (TPSA) is 64.6 Å². The zero-order valence-corrected chi connectivity index (χ0v) is 16.5. The van der Waals surface area contributed by atoms with E-state index in [0.717, 1.165) is 0 Å². The van der Waals surface area contributed by atoms with Crippen LogP contribution in [-0.2, 0) is 10.0 Å². The highest BCUT2D eigenvalue weighted by atomic mass is 35.5. The number of benzene rings is 3. The minimum atomic E-state index is -3.81. The van der Waals surface area contributed by atoms with E-state index in [2.05, 4.69) is 4.72 Å². The van der Waals surface area contributed by atoms with Crippen LogP contribution in [0.15, 0.2) is 71.6 Å². The largest absolute Gasteiger partial charge is 0.497 e. The smallest absolute Gasteiger partial charge is 0.262 e. The van der Waals surface area contributed by atoms with E-state index >= 15 is 0 Å². The fourth-order valence-corrected chi connectivity index (χ4v) is 3.79. The predicted octanol–water partition coefficient (Wildman–Crippen LogP) is 5.60. The minimum absolute atomic E-state index is 0.0997. The number of methoxy groups -OCH3 is 1. The maximum absolute atomic E-state index is 12.7. The molecule has 0 radical (unpaired) electrons. The van der Waals surface area contributed by atoms with E-state index in [1.807, 2.05) is 0 Å². The van der Waals surface area contributed by atoms with Crippen LogP contribution in [0, 0.1) is 0 Å². The lowest BCUT2D eigenvalue weighted by Crippen LogP contribution is -2.13. The van der Waals surface area contributed by atoms with Gasteiger partial charge in [0.25, 0.3) is 10.0 Å². The van der Waals surface area contributed by atoms with Gasteiger partial charge in [-0.15, -0.1) is 0 Å². The second-order valence-corrected chi connectivity index (χ2v) is 7.98. The molecule has 3 aromatic carbocycles. The normalized spacial score (nSPS) is 11.1. The first-order valence-electron chi connectivity index (χ1n) is 7.78. The molecule has 0 saturated heterocycles. The van der Waals surface area contributed by atoms with Crippen molar-refractivity contribution < 1.29 is 17.9 Å². The number of ether oxygens (including phenoxy) is 2. The predicted molar refractivity (Wildman–Crippen MR) is 107 cm³/mol. The van der Waals surface area contributed by atoms with Crippen LogP contribution in [0.1, 0.15) is 0 Å². The summed E-state index contributed by atoms with van der Waals surface area (Å²) < 4.78 is 38.7. The number of nitrogens with one attached hydrogen (secondary N) is 1. The van der Waals surface area contributed by atoms with Gasteiger partial charge in [0.2, 0.25) is 0 Å². The number of halogens is 2. The van der Waals surface area contributed by atoms with Crippen LogP contribution >= 0.6 is 23.2 Å². The molecular weight excluding hydrogens is 409 g/mol. The van der Waals surface area contributed by atoms with Gasteiger partial charge in [-0.05, 0) is 54.6 Å². The Balaban J connectivity index is 1.89. The lowest BCUT2D eigenvalue weighted by atomic mass is 10.3. The van der Waals surface area contributed by atoms with E-state index in [4.69, 9.17) is 32.7 Å². The molecule has 5 nitrogen and oxygen atoms in total. The van der Waals surface area contributed by atoms with Crippen LogP contribution in [0.25, 0.3) is 0 Å². The van der Waals surface area contributed by atoms with Gasteiger partial charge in [0.15, 0.2) is 5.75 Å². The van der Waals surface area contributed by atoms with Crippen LogP contribution in [0.5, 0.6) is 17.2 Å². The van der Waals surface area contributed by atoms with Crippen molar-refractivity contribution in [1.82, 2.24) is 0 Å². The number of para-hydroxylation sites is 2. The van der Waals surface area contributed by atoms with Gasteiger partial charge in [-0.25, -0.2) is 8.42 Å². The average Bonchev–Trinajstić information content (AvgIpc) is 2.65. The number of rotatable bonds is 6. The fourth-order valence-electron chi connectivity index (χ4n) is 2.27. The lowest BCUT2D eigenvalue weighted by Gasteiger charge is -2.14. The van der Waals surface area contributed by atoms with Crippen molar-refractivity contribution in [2.75, 3.05) is 11.8 Å². The molecule has 0 aromatic heterocycles. The summed E-state index contributed by atoms with van der Waals surface area (Å²) >= 11 is 12.0. The molecular formula is C19H15Cl2NO4S. The van der Waals surface area contributed by atoms with Crippen molar-refractivity contribution >= 4 is 38.9 Å². The molecule has 0 fully saturated rings. The maximum Gasteiger partial charge on any atom is 0.262 e. The SMILES string of the molecule is COc1ccc(S(=O)(=O)Nc2ccccc2Oc2ccc(Cl)cc2Cl)cc1. The van der Waals surface area contributed by atoms with Gasteiger partial charge in [-0.2, -0.15) is 0 Å². The average molecular weight is 424 g/mol. The summed E-state index contributed by atoms with van der Waals surface area (Å²) in [4.78, 5) is 0.0997. The molecule has 1 N–H and O–H groups in total. The first-order valence-corrected chi connectivity index (χ1v) is 10.0. The van der Waals surface area contributed by atoms with Gasteiger partial charge in [-0.1, -0.05) is 35.3 Å². The van der Waals surface area contributed by atoms with E-state index in [1.165, 1.54) is 19.2 Å². The summed E-state index contributed by atoms with van der Waals surface area (Å²) in [7, 11) is -2.30. The van der Waals surface area contributed by atoms with Crippen molar-refractivity contribution in [3.63, 3.8) is 0 Å². The van der Waals surface area contributed by atoms with Crippen molar-refractivity contribution in [2.45, 2.75) is 4.90 Å². The van der Waals surface area contributed by atoms with Crippen molar-refractivity contribution in [2.24, 2.45) is 0 Å². The van der Waals surface area contributed by atoms with E-state index in [-0.39, 0.29) is 10.6 Å². The first kappa shape index (κ1) is 19.4. The monoisotopic (exact) mass is 423 g/mol. The second kappa shape index (κ2) is 8.08. The van der Waals surface area contributed by atoms with Crippen molar-refractivity contribution in [3.05, 3.63) is 76.8 Å². The molecule has 0 amide bonds. The molecule has 0 unspecified atom stereocenters. The Labute approximate surface area is 167 Å². The summed E-state index contributed by atoms with van der Waals surface area (Å²) in [5.74, 6) is 1.23. The van der Waals surface area contributed by atoms with E-state index in [1.54, 1.807) is 54.6 Å². The molecule has 0 bridgehead atoms. The molecule has 3 aromatic rings. The van der Waals surface area contributed by atoms with Crippen LogP contribution < -0.4 is 14.2 Å². The van der Waals surface area contributed by atoms with Crippen LogP contribution in [0.3, 0.4) is 0 Å². The molecule has 0 atom stereocenters. The van der Waals surface area contributed by atoms with Gasteiger partial charge in [-0.3, -0.25) is 4.72 Å². The Morgan fingerprint density at radius 3 is 2.26 bits per heavy atom. The summed E-state index contributed by atoms with van der Waals surface area (Å²) in [6.45, 7) is 0. The molecule has 0 heterocycles. The third-order valence-corrected chi connectivity index (χ3v) is 5.53. The van der Waals surface area contributed by atoms with Crippen LogP contribution in [0.4, 0.5) is 5.69 Å². The summed E-state index contributed by atoms with van der Waals surface area (Å²) in [5.41, 5.74) is 0.277. The molecule has 140 valence electrons. The Hall–Kier alpha value is -2.41. The van der Waals surface area contributed by atoms with Crippen molar-refractivity contribution in [1.29, 1.82) is 0 Å². The van der Waals surface area contributed by atoms with Gasteiger partial charge in [0.1, 0.15) is 11.5 Å². The highest BCUT2D eigenvalue weighted by Gasteiger charge is 2.17. The van der Waals surface area contributed by atoms with Crippen LogP contribution in [0.2, 0.25) is 10.0 Å².